The fourth-order valence-corrected chi connectivity index (χ4v) is 2.64. The highest BCUT2D eigenvalue weighted by Crippen LogP contribution is 2.21. The molecule has 1 N–H and O–H groups in total. The van der Waals surface area contributed by atoms with Gasteiger partial charge in [-0.2, -0.15) is 0 Å². The standard InChI is InChI=1S/C15H31NO3S/c1-14(2,3)10-8-7-9-13(17)16-11-12-20(18,19)15(4,5)6/h7-12H2,1-6H3,(H,16,17). The van der Waals surface area contributed by atoms with Gasteiger partial charge in [0.1, 0.15) is 0 Å². The zero-order valence-electron chi connectivity index (χ0n) is 13.9. The third kappa shape index (κ3) is 8.56. The molecule has 0 heterocycles. The van der Waals surface area contributed by atoms with Crippen LogP contribution in [0.25, 0.3) is 0 Å². The van der Waals surface area contributed by atoms with E-state index in [9.17, 15) is 13.2 Å². The first-order valence-corrected chi connectivity index (χ1v) is 8.99. The molecule has 0 unspecified atom stereocenters. The van der Waals surface area contributed by atoms with Crippen molar-refractivity contribution in [2.75, 3.05) is 12.3 Å². The van der Waals surface area contributed by atoms with Crippen LogP contribution in [0.5, 0.6) is 0 Å². The highest BCUT2D eigenvalue weighted by atomic mass is 32.2. The zero-order chi connectivity index (χ0) is 16.0. The van der Waals surface area contributed by atoms with E-state index >= 15 is 0 Å². The summed E-state index contributed by atoms with van der Waals surface area (Å²) in [6, 6.07) is 0. The van der Waals surface area contributed by atoms with Crippen LogP contribution in [0.15, 0.2) is 0 Å². The number of hydrogen-bond donors (Lipinski definition) is 1. The van der Waals surface area contributed by atoms with Crippen molar-refractivity contribution < 1.29 is 13.2 Å². The molecule has 0 radical (unpaired) electrons. The van der Waals surface area contributed by atoms with Crippen molar-refractivity contribution in [2.24, 2.45) is 5.41 Å². The summed E-state index contributed by atoms with van der Waals surface area (Å²) in [6.07, 6.45) is 3.46. The minimum absolute atomic E-state index is 0.00420. The molecular weight excluding hydrogens is 274 g/mol. The molecule has 0 saturated carbocycles. The van der Waals surface area contributed by atoms with Crippen LogP contribution in [-0.2, 0) is 14.6 Å². The third-order valence-corrected chi connectivity index (χ3v) is 5.81. The van der Waals surface area contributed by atoms with E-state index in [1.807, 2.05) is 0 Å². The Kier molecular flexibility index (Phi) is 7.22. The maximum absolute atomic E-state index is 11.9. The van der Waals surface area contributed by atoms with Crippen LogP contribution in [0.4, 0.5) is 0 Å². The molecule has 20 heavy (non-hydrogen) atoms. The maximum atomic E-state index is 11.9. The van der Waals surface area contributed by atoms with Crippen molar-refractivity contribution in [1.82, 2.24) is 5.32 Å². The fraction of sp³-hybridized carbons (Fsp3) is 0.933. The zero-order valence-corrected chi connectivity index (χ0v) is 14.7. The van der Waals surface area contributed by atoms with Crippen LogP contribution in [0, 0.1) is 5.41 Å². The number of rotatable bonds is 7. The first-order chi connectivity index (χ1) is 8.85. The summed E-state index contributed by atoms with van der Waals surface area (Å²) in [5, 5.41) is 2.69. The maximum Gasteiger partial charge on any atom is 0.220 e. The quantitative estimate of drug-likeness (QED) is 0.736. The van der Waals surface area contributed by atoms with E-state index in [1.165, 1.54) is 0 Å². The lowest BCUT2D eigenvalue weighted by molar-refractivity contribution is -0.121. The molecule has 0 aromatic rings. The molecule has 0 aliphatic carbocycles. The molecule has 0 atom stereocenters. The van der Waals surface area contributed by atoms with Gasteiger partial charge in [0.2, 0.25) is 5.91 Å². The summed E-state index contributed by atoms with van der Waals surface area (Å²) in [5.41, 5.74) is 0.303. The number of nitrogens with one attached hydrogen (secondary N) is 1. The topological polar surface area (TPSA) is 63.2 Å². The summed E-state index contributed by atoms with van der Waals surface area (Å²) >= 11 is 0. The molecule has 1 amide bonds. The number of carbonyl (C=O) groups excluding carboxylic acids is 1. The lowest BCUT2D eigenvalue weighted by Gasteiger charge is -2.19. The van der Waals surface area contributed by atoms with Crippen LogP contribution in [-0.4, -0.2) is 31.4 Å². The normalized spacial score (nSPS) is 13.3. The Labute approximate surface area is 124 Å². The van der Waals surface area contributed by atoms with Gasteiger partial charge in [-0.3, -0.25) is 4.79 Å². The summed E-state index contributed by atoms with van der Waals surface area (Å²) < 4.78 is 22.9. The van der Waals surface area contributed by atoms with Crippen LogP contribution in [0.1, 0.15) is 67.2 Å². The second-order valence-electron chi connectivity index (χ2n) is 7.55. The van der Waals surface area contributed by atoms with Gasteiger partial charge in [0.05, 0.1) is 10.5 Å². The smallest absolute Gasteiger partial charge is 0.220 e. The third-order valence-electron chi connectivity index (χ3n) is 3.21. The Morgan fingerprint density at radius 1 is 1.00 bits per heavy atom. The van der Waals surface area contributed by atoms with Crippen molar-refractivity contribution in [3.8, 4) is 0 Å². The second kappa shape index (κ2) is 7.43. The summed E-state index contributed by atoms with van der Waals surface area (Å²) in [7, 11) is -3.15. The Morgan fingerprint density at radius 3 is 2.00 bits per heavy atom. The number of hydrogen-bond acceptors (Lipinski definition) is 3. The van der Waals surface area contributed by atoms with E-state index in [0.717, 1.165) is 19.3 Å². The number of unbranched alkanes of at least 4 members (excludes halogenated alkanes) is 1. The molecule has 0 aromatic heterocycles. The molecule has 0 fully saturated rings. The van der Waals surface area contributed by atoms with Gasteiger partial charge in [-0.05, 0) is 39.0 Å². The highest BCUT2D eigenvalue weighted by molar-refractivity contribution is 7.92. The summed E-state index contributed by atoms with van der Waals surface area (Å²) in [5.74, 6) is -0.0486. The van der Waals surface area contributed by atoms with Crippen molar-refractivity contribution in [3.05, 3.63) is 0 Å². The largest absolute Gasteiger partial charge is 0.355 e. The Bertz CT molecular complexity index is 400. The van der Waals surface area contributed by atoms with Crippen LogP contribution in [0.2, 0.25) is 0 Å². The van der Waals surface area contributed by atoms with Crippen LogP contribution >= 0.6 is 0 Å². The Hall–Kier alpha value is -0.580. The second-order valence-corrected chi connectivity index (χ2v) is 10.4. The number of sulfone groups is 1. The Morgan fingerprint density at radius 2 is 1.55 bits per heavy atom. The minimum Gasteiger partial charge on any atom is -0.355 e. The molecule has 0 aliphatic heterocycles. The first kappa shape index (κ1) is 19.4. The summed E-state index contributed by atoms with van der Waals surface area (Å²) in [6.45, 7) is 11.8. The molecule has 0 spiro atoms. The fourth-order valence-electron chi connectivity index (χ4n) is 1.66. The van der Waals surface area contributed by atoms with Crippen molar-refractivity contribution in [1.29, 1.82) is 0 Å². The van der Waals surface area contributed by atoms with Gasteiger partial charge in [-0.15, -0.1) is 0 Å². The highest BCUT2D eigenvalue weighted by Gasteiger charge is 2.28. The van der Waals surface area contributed by atoms with Crippen LogP contribution < -0.4 is 5.32 Å². The monoisotopic (exact) mass is 305 g/mol. The lowest BCUT2D eigenvalue weighted by Crippen LogP contribution is -2.36. The van der Waals surface area contributed by atoms with E-state index in [1.54, 1.807) is 20.8 Å². The average Bonchev–Trinajstić information content (AvgIpc) is 2.21. The molecule has 4 nitrogen and oxygen atoms in total. The molecular formula is C15H31NO3S. The minimum atomic E-state index is -3.15. The molecule has 0 rings (SSSR count). The van der Waals surface area contributed by atoms with Crippen molar-refractivity contribution in [2.45, 2.75) is 72.0 Å². The van der Waals surface area contributed by atoms with E-state index in [2.05, 4.69) is 26.1 Å². The van der Waals surface area contributed by atoms with Gasteiger partial charge in [0.25, 0.3) is 0 Å². The predicted molar refractivity (Wildman–Crippen MR) is 84.5 cm³/mol. The van der Waals surface area contributed by atoms with Crippen molar-refractivity contribution in [3.63, 3.8) is 0 Å². The Balaban J connectivity index is 3.86. The van der Waals surface area contributed by atoms with E-state index in [4.69, 9.17) is 0 Å². The van der Waals surface area contributed by atoms with Crippen LogP contribution in [0.3, 0.4) is 0 Å². The van der Waals surface area contributed by atoms with Gasteiger partial charge >= 0.3 is 0 Å². The predicted octanol–water partition coefficient (Wildman–Crippen LogP) is 2.92. The molecule has 0 saturated heterocycles. The molecule has 0 bridgehead atoms. The first-order valence-electron chi connectivity index (χ1n) is 7.34. The van der Waals surface area contributed by atoms with Gasteiger partial charge in [0.15, 0.2) is 9.84 Å². The average molecular weight is 305 g/mol. The van der Waals surface area contributed by atoms with E-state index in [0.29, 0.717) is 11.8 Å². The van der Waals surface area contributed by atoms with Crippen molar-refractivity contribution >= 4 is 15.7 Å². The number of amides is 1. The van der Waals surface area contributed by atoms with Gasteiger partial charge < -0.3 is 5.32 Å². The van der Waals surface area contributed by atoms with Gasteiger partial charge in [-0.1, -0.05) is 27.2 Å². The molecule has 5 heteroatoms. The molecule has 0 aromatic carbocycles. The number of carbonyl (C=O) groups is 1. The molecule has 0 aliphatic rings. The SMILES string of the molecule is CC(C)(C)CCCCC(=O)NCCS(=O)(=O)C(C)(C)C. The summed E-state index contributed by atoms with van der Waals surface area (Å²) in [4.78, 5) is 11.6. The molecule has 120 valence electrons. The lowest BCUT2D eigenvalue weighted by atomic mass is 9.89. The van der Waals surface area contributed by atoms with Gasteiger partial charge in [-0.25, -0.2) is 8.42 Å². The van der Waals surface area contributed by atoms with Gasteiger partial charge in [0, 0.05) is 13.0 Å². The van der Waals surface area contributed by atoms with E-state index in [-0.39, 0.29) is 18.2 Å². The van der Waals surface area contributed by atoms with E-state index < -0.39 is 14.6 Å².